The molecule has 0 unspecified atom stereocenters. The van der Waals surface area contributed by atoms with Crippen LogP contribution in [0.3, 0.4) is 0 Å². The first kappa shape index (κ1) is 24.5. The minimum absolute atomic E-state index is 0.846. The van der Waals surface area contributed by atoms with Crippen molar-refractivity contribution in [2.75, 3.05) is 0 Å². The Kier molecular flexibility index (Phi) is 5.40. The number of hydrogen-bond acceptors (Lipinski definition) is 4. The summed E-state index contributed by atoms with van der Waals surface area (Å²) in [6.45, 7) is 0. The molecule has 0 radical (unpaired) electrons. The molecule has 0 bridgehead atoms. The molecule has 6 heterocycles. The third kappa shape index (κ3) is 3.68. The Bertz CT molecular complexity index is 2280. The number of aromatic nitrogens is 6. The second-order valence-electron chi connectivity index (χ2n) is 10.8. The molecule has 9 rings (SSSR count). The van der Waals surface area contributed by atoms with Crippen LogP contribution in [0.4, 0.5) is 0 Å². The number of rotatable bonds is 4. The van der Waals surface area contributed by atoms with Gasteiger partial charge in [0.15, 0.2) is 0 Å². The standard InChI is InChI=1S/C38H24N6/c1-3-10-25(11-4-1)31-19-17-27(22-40-31)43-33-15-8-7-14-29(33)30-24-42-36-35-34(16-9-21-39-35)44(38(36)37(30)43)28-18-20-32(41-23-28)26-12-5-2-6-13-26/h1-24H. The first-order valence-electron chi connectivity index (χ1n) is 14.6. The maximum Gasteiger partial charge on any atom is 0.117 e. The van der Waals surface area contributed by atoms with Crippen molar-refractivity contribution in [2.45, 2.75) is 0 Å². The van der Waals surface area contributed by atoms with Gasteiger partial charge in [0, 0.05) is 34.3 Å². The average molecular weight is 565 g/mol. The fourth-order valence-corrected chi connectivity index (χ4v) is 6.33. The van der Waals surface area contributed by atoms with Crippen molar-refractivity contribution in [3.05, 3.63) is 146 Å². The van der Waals surface area contributed by atoms with E-state index in [2.05, 4.69) is 88.0 Å². The number of hydrogen-bond donors (Lipinski definition) is 0. The summed E-state index contributed by atoms with van der Waals surface area (Å²) >= 11 is 0. The third-order valence-electron chi connectivity index (χ3n) is 8.31. The van der Waals surface area contributed by atoms with E-state index in [0.29, 0.717) is 0 Å². The second-order valence-corrected chi connectivity index (χ2v) is 10.8. The predicted octanol–water partition coefficient (Wildman–Crippen LogP) is 8.79. The Labute approximate surface area is 252 Å². The fraction of sp³-hybridized carbons (Fsp3) is 0. The van der Waals surface area contributed by atoms with Crippen LogP contribution in [-0.4, -0.2) is 29.1 Å². The molecule has 3 aromatic carbocycles. The molecular weight excluding hydrogens is 540 g/mol. The molecule has 6 aromatic heterocycles. The van der Waals surface area contributed by atoms with Crippen LogP contribution in [0.5, 0.6) is 0 Å². The lowest BCUT2D eigenvalue weighted by atomic mass is 10.1. The van der Waals surface area contributed by atoms with E-state index in [0.717, 1.165) is 77.8 Å². The van der Waals surface area contributed by atoms with Crippen LogP contribution in [-0.2, 0) is 0 Å². The van der Waals surface area contributed by atoms with Crippen LogP contribution < -0.4 is 0 Å². The van der Waals surface area contributed by atoms with Crippen LogP contribution in [0.2, 0.25) is 0 Å². The van der Waals surface area contributed by atoms with Crippen LogP contribution in [0, 0.1) is 0 Å². The van der Waals surface area contributed by atoms with Crippen molar-refractivity contribution < 1.29 is 0 Å². The molecule has 9 aromatic rings. The van der Waals surface area contributed by atoms with E-state index in [1.165, 1.54) is 0 Å². The average Bonchev–Trinajstić information content (AvgIpc) is 3.62. The number of fused-ring (bicyclic) bond motifs is 7. The first-order chi connectivity index (χ1) is 21.8. The van der Waals surface area contributed by atoms with Crippen LogP contribution in [0.25, 0.3) is 77.8 Å². The van der Waals surface area contributed by atoms with Gasteiger partial charge in [-0.15, -0.1) is 0 Å². The molecule has 0 aliphatic heterocycles. The highest BCUT2D eigenvalue weighted by Gasteiger charge is 2.23. The molecule has 6 nitrogen and oxygen atoms in total. The molecule has 0 saturated heterocycles. The molecule has 44 heavy (non-hydrogen) atoms. The maximum absolute atomic E-state index is 5.03. The van der Waals surface area contributed by atoms with E-state index >= 15 is 0 Å². The van der Waals surface area contributed by atoms with Gasteiger partial charge in [-0.25, -0.2) is 0 Å². The Balaban J connectivity index is 1.35. The summed E-state index contributed by atoms with van der Waals surface area (Å²) in [4.78, 5) is 19.6. The summed E-state index contributed by atoms with van der Waals surface area (Å²) in [7, 11) is 0. The second kappa shape index (κ2) is 9.71. The largest absolute Gasteiger partial charge is 0.306 e. The number of pyridine rings is 4. The molecule has 0 aliphatic rings. The first-order valence-corrected chi connectivity index (χ1v) is 14.6. The molecule has 0 saturated carbocycles. The predicted molar refractivity (Wildman–Crippen MR) is 177 cm³/mol. The van der Waals surface area contributed by atoms with Crippen molar-refractivity contribution in [1.82, 2.24) is 29.1 Å². The summed E-state index contributed by atoms with van der Waals surface area (Å²) in [6.07, 6.45) is 7.71. The monoisotopic (exact) mass is 564 g/mol. The molecule has 0 spiro atoms. The van der Waals surface area contributed by atoms with Gasteiger partial charge >= 0.3 is 0 Å². The third-order valence-corrected chi connectivity index (χ3v) is 8.31. The van der Waals surface area contributed by atoms with Gasteiger partial charge in [0.05, 0.1) is 57.2 Å². The molecule has 0 atom stereocenters. The van der Waals surface area contributed by atoms with E-state index in [4.69, 9.17) is 19.9 Å². The molecule has 0 fully saturated rings. The Morgan fingerprint density at radius 2 is 0.977 bits per heavy atom. The number of benzene rings is 3. The Morgan fingerprint density at radius 3 is 1.61 bits per heavy atom. The lowest BCUT2D eigenvalue weighted by molar-refractivity contribution is 1.11. The molecule has 0 aliphatic carbocycles. The quantitative estimate of drug-likeness (QED) is 0.214. The summed E-state index contributed by atoms with van der Waals surface area (Å²) in [5.74, 6) is 0. The van der Waals surface area contributed by atoms with Crippen LogP contribution in [0.1, 0.15) is 0 Å². The van der Waals surface area contributed by atoms with E-state index in [1.54, 1.807) is 0 Å². The number of para-hydroxylation sites is 1. The van der Waals surface area contributed by atoms with Gasteiger partial charge < -0.3 is 9.13 Å². The summed E-state index contributed by atoms with van der Waals surface area (Å²) < 4.78 is 4.55. The number of nitrogens with zero attached hydrogens (tertiary/aromatic N) is 6. The van der Waals surface area contributed by atoms with Crippen molar-refractivity contribution in [1.29, 1.82) is 0 Å². The molecule has 206 valence electrons. The van der Waals surface area contributed by atoms with Gasteiger partial charge in [0.2, 0.25) is 0 Å². The molecular formula is C38H24N6. The summed E-state index contributed by atoms with van der Waals surface area (Å²) in [5.41, 5.74) is 11.8. The van der Waals surface area contributed by atoms with Gasteiger partial charge in [0.1, 0.15) is 11.0 Å². The van der Waals surface area contributed by atoms with E-state index < -0.39 is 0 Å². The zero-order chi connectivity index (χ0) is 29.0. The van der Waals surface area contributed by atoms with E-state index in [1.807, 2.05) is 67.3 Å². The van der Waals surface area contributed by atoms with Gasteiger partial charge in [-0.05, 0) is 42.5 Å². The summed E-state index contributed by atoms with van der Waals surface area (Å²) in [5, 5.41) is 2.20. The van der Waals surface area contributed by atoms with Crippen LogP contribution >= 0.6 is 0 Å². The normalized spacial score (nSPS) is 11.6. The smallest absolute Gasteiger partial charge is 0.117 e. The van der Waals surface area contributed by atoms with Gasteiger partial charge in [-0.1, -0.05) is 78.9 Å². The fourth-order valence-electron chi connectivity index (χ4n) is 6.33. The Morgan fingerprint density at radius 1 is 0.386 bits per heavy atom. The maximum atomic E-state index is 5.03. The lowest BCUT2D eigenvalue weighted by Crippen LogP contribution is -2.00. The molecule has 0 amide bonds. The van der Waals surface area contributed by atoms with Gasteiger partial charge in [0.25, 0.3) is 0 Å². The molecule has 0 N–H and O–H groups in total. The van der Waals surface area contributed by atoms with Gasteiger partial charge in [-0.3, -0.25) is 19.9 Å². The highest BCUT2D eigenvalue weighted by Crippen LogP contribution is 2.40. The van der Waals surface area contributed by atoms with Crippen LogP contribution in [0.15, 0.2) is 146 Å². The topological polar surface area (TPSA) is 61.4 Å². The van der Waals surface area contributed by atoms with Crippen molar-refractivity contribution in [3.8, 4) is 33.9 Å². The highest BCUT2D eigenvalue weighted by atomic mass is 15.1. The zero-order valence-corrected chi connectivity index (χ0v) is 23.5. The van der Waals surface area contributed by atoms with Crippen molar-refractivity contribution in [3.63, 3.8) is 0 Å². The Hall–Kier alpha value is -6.14. The summed E-state index contributed by atoms with van der Waals surface area (Å²) in [6, 6.07) is 41.5. The molecule has 6 heteroatoms. The zero-order valence-electron chi connectivity index (χ0n) is 23.5. The van der Waals surface area contributed by atoms with E-state index in [-0.39, 0.29) is 0 Å². The minimum Gasteiger partial charge on any atom is -0.306 e. The van der Waals surface area contributed by atoms with Crippen molar-refractivity contribution >= 4 is 43.9 Å². The SMILES string of the molecule is c1ccc(-c2ccc(-n3c4ccccc4c4cnc5c6ncccc6n(-c6ccc(-c7ccccc7)nc6)c5c43)cn2)cc1. The van der Waals surface area contributed by atoms with Gasteiger partial charge in [-0.2, -0.15) is 0 Å². The lowest BCUT2D eigenvalue weighted by Gasteiger charge is -2.12. The van der Waals surface area contributed by atoms with E-state index in [9.17, 15) is 0 Å². The minimum atomic E-state index is 0.846. The highest BCUT2D eigenvalue weighted by molar-refractivity contribution is 6.21. The van der Waals surface area contributed by atoms with Crippen molar-refractivity contribution in [2.24, 2.45) is 0 Å².